The topological polar surface area (TPSA) is 41.5 Å². The third-order valence-corrected chi connectivity index (χ3v) is 2.38. The van der Waals surface area contributed by atoms with Crippen LogP contribution in [0.15, 0.2) is 0 Å². The number of hydrogen-bond acceptors (Lipinski definition) is 3. The lowest BCUT2D eigenvalue weighted by Crippen LogP contribution is -2.43. The van der Waals surface area contributed by atoms with Gasteiger partial charge < -0.3 is 15.2 Å². The molecule has 72 valence electrons. The summed E-state index contributed by atoms with van der Waals surface area (Å²) in [7, 11) is 0. The van der Waals surface area contributed by atoms with Gasteiger partial charge in [-0.15, -0.1) is 0 Å². The van der Waals surface area contributed by atoms with Crippen LogP contribution in [0.2, 0.25) is 0 Å². The molecule has 0 aliphatic carbocycles. The fraction of sp³-hybridized carbons (Fsp3) is 1.00. The Balaban J connectivity index is 2.26. The molecule has 0 amide bonds. The summed E-state index contributed by atoms with van der Waals surface area (Å²) in [6, 6.07) is 0.668. The van der Waals surface area contributed by atoms with Crippen molar-refractivity contribution in [3.8, 4) is 0 Å². The SMILES string of the molecule is CC(C)C(CO)NC1CCOC1. The van der Waals surface area contributed by atoms with E-state index in [0.29, 0.717) is 12.0 Å². The second-order valence-electron chi connectivity index (χ2n) is 3.76. The predicted octanol–water partition coefficient (Wildman–Crippen LogP) is 0.382. The zero-order chi connectivity index (χ0) is 8.97. The third-order valence-electron chi connectivity index (χ3n) is 2.38. The van der Waals surface area contributed by atoms with E-state index in [1.54, 1.807) is 0 Å². The van der Waals surface area contributed by atoms with Crippen molar-refractivity contribution in [3.63, 3.8) is 0 Å². The number of aliphatic hydroxyl groups is 1. The van der Waals surface area contributed by atoms with Gasteiger partial charge in [0.15, 0.2) is 0 Å². The van der Waals surface area contributed by atoms with Gasteiger partial charge in [0.05, 0.1) is 13.2 Å². The molecule has 0 bridgehead atoms. The Hall–Kier alpha value is -0.120. The van der Waals surface area contributed by atoms with Crippen LogP contribution in [0.25, 0.3) is 0 Å². The van der Waals surface area contributed by atoms with E-state index >= 15 is 0 Å². The molecule has 1 aliphatic rings. The van der Waals surface area contributed by atoms with Gasteiger partial charge in [-0.1, -0.05) is 13.8 Å². The summed E-state index contributed by atoms with van der Waals surface area (Å²) >= 11 is 0. The minimum absolute atomic E-state index is 0.216. The van der Waals surface area contributed by atoms with Crippen molar-refractivity contribution in [1.82, 2.24) is 5.32 Å². The first kappa shape index (κ1) is 9.96. The van der Waals surface area contributed by atoms with Crippen LogP contribution in [0.1, 0.15) is 20.3 Å². The van der Waals surface area contributed by atoms with Crippen LogP contribution in [0.5, 0.6) is 0 Å². The molecule has 12 heavy (non-hydrogen) atoms. The molecule has 0 aromatic carbocycles. The first-order valence-electron chi connectivity index (χ1n) is 4.68. The van der Waals surface area contributed by atoms with Crippen LogP contribution in [0.4, 0.5) is 0 Å². The quantitative estimate of drug-likeness (QED) is 0.646. The number of rotatable bonds is 4. The summed E-state index contributed by atoms with van der Waals surface area (Å²) in [5.41, 5.74) is 0. The molecule has 1 fully saturated rings. The van der Waals surface area contributed by atoms with Crippen molar-refractivity contribution in [1.29, 1.82) is 0 Å². The first-order valence-corrected chi connectivity index (χ1v) is 4.68. The zero-order valence-electron chi connectivity index (χ0n) is 7.92. The van der Waals surface area contributed by atoms with Gasteiger partial charge in [-0.2, -0.15) is 0 Å². The molecule has 0 spiro atoms. The van der Waals surface area contributed by atoms with E-state index in [2.05, 4.69) is 19.2 Å². The summed E-state index contributed by atoms with van der Waals surface area (Å²) in [6.07, 6.45) is 1.07. The lowest BCUT2D eigenvalue weighted by Gasteiger charge is -2.23. The van der Waals surface area contributed by atoms with Crippen LogP contribution < -0.4 is 5.32 Å². The standard InChI is InChI=1S/C9H19NO2/c1-7(2)9(5-11)10-8-3-4-12-6-8/h7-11H,3-6H2,1-2H3. The molecule has 2 atom stereocenters. The molecule has 1 saturated heterocycles. The Labute approximate surface area is 74.1 Å². The second kappa shape index (κ2) is 4.80. The van der Waals surface area contributed by atoms with Crippen molar-refractivity contribution in [2.24, 2.45) is 5.92 Å². The molecular formula is C9H19NO2. The van der Waals surface area contributed by atoms with Crippen molar-refractivity contribution >= 4 is 0 Å². The lowest BCUT2D eigenvalue weighted by atomic mass is 10.0. The van der Waals surface area contributed by atoms with Gasteiger partial charge in [0.25, 0.3) is 0 Å². The third kappa shape index (κ3) is 2.73. The van der Waals surface area contributed by atoms with Gasteiger partial charge in [-0.05, 0) is 12.3 Å². The molecule has 0 aromatic rings. The molecule has 1 aliphatic heterocycles. The zero-order valence-corrected chi connectivity index (χ0v) is 7.92. The number of hydrogen-bond donors (Lipinski definition) is 2. The minimum Gasteiger partial charge on any atom is -0.395 e. The van der Waals surface area contributed by atoms with E-state index in [0.717, 1.165) is 19.6 Å². The van der Waals surface area contributed by atoms with Crippen LogP contribution in [0, 0.1) is 5.92 Å². The van der Waals surface area contributed by atoms with E-state index in [9.17, 15) is 0 Å². The van der Waals surface area contributed by atoms with E-state index in [1.807, 2.05) is 0 Å². The maximum absolute atomic E-state index is 9.05. The largest absolute Gasteiger partial charge is 0.395 e. The summed E-state index contributed by atoms with van der Waals surface area (Å²) in [6.45, 7) is 6.10. The predicted molar refractivity (Wildman–Crippen MR) is 48.1 cm³/mol. The molecule has 3 heteroatoms. The molecule has 3 nitrogen and oxygen atoms in total. The maximum atomic E-state index is 9.05. The van der Waals surface area contributed by atoms with Crippen molar-refractivity contribution in [2.45, 2.75) is 32.4 Å². The molecule has 0 radical (unpaired) electrons. The number of aliphatic hydroxyl groups excluding tert-OH is 1. The normalized spacial score (nSPS) is 26.5. The average molecular weight is 173 g/mol. The van der Waals surface area contributed by atoms with Gasteiger partial charge in [-0.3, -0.25) is 0 Å². The number of nitrogens with one attached hydrogen (secondary N) is 1. The van der Waals surface area contributed by atoms with Crippen LogP contribution >= 0.6 is 0 Å². The van der Waals surface area contributed by atoms with Crippen molar-refractivity contribution in [2.75, 3.05) is 19.8 Å². The molecule has 2 unspecified atom stereocenters. The Kier molecular flexibility index (Phi) is 3.98. The summed E-state index contributed by atoms with van der Waals surface area (Å²) < 4.78 is 5.24. The van der Waals surface area contributed by atoms with Crippen LogP contribution in [-0.4, -0.2) is 37.0 Å². The van der Waals surface area contributed by atoms with Crippen molar-refractivity contribution in [3.05, 3.63) is 0 Å². The Morgan fingerprint density at radius 1 is 1.58 bits per heavy atom. The van der Waals surface area contributed by atoms with E-state index in [-0.39, 0.29) is 12.6 Å². The highest BCUT2D eigenvalue weighted by atomic mass is 16.5. The van der Waals surface area contributed by atoms with Crippen LogP contribution in [0.3, 0.4) is 0 Å². The monoisotopic (exact) mass is 173 g/mol. The average Bonchev–Trinajstić information content (AvgIpc) is 2.51. The van der Waals surface area contributed by atoms with Gasteiger partial charge in [0.1, 0.15) is 0 Å². The highest BCUT2D eigenvalue weighted by Crippen LogP contribution is 2.08. The van der Waals surface area contributed by atoms with Gasteiger partial charge in [0.2, 0.25) is 0 Å². The molecule has 0 aromatic heterocycles. The molecular weight excluding hydrogens is 154 g/mol. The molecule has 2 N–H and O–H groups in total. The summed E-state index contributed by atoms with van der Waals surface area (Å²) in [4.78, 5) is 0. The van der Waals surface area contributed by atoms with E-state index in [1.165, 1.54) is 0 Å². The summed E-state index contributed by atoms with van der Waals surface area (Å²) in [5, 5.41) is 12.4. The lowest BCUT2D eigenvalue weighted by molar-refractivity contribution is 0.170. The Bertz CT molecular complexity index is 122. The van der Waals surface area contributed by atoms with E-state index < -0.39 is 0 Å². The minimum atomic E-state index is 0.216. The highest BCUT2D eigenvalue weighted by molar-refractivity contribution is 4.78. The van der Waals surface area contributed by atoms with Gasteiger partial charge in [0, 0.05) is 18.7 Å². The highest BCUT2D eigenvalue weighted by Gasteiger charge is 2.20. The summed E-state index contributed by atoms with van der Waals surface area (Å²) in [5.74, 6) is 0.482. The van der Waals surface area contributed by atoms with Crippen molar-refractivity contribution < 1.29 is 9.84 Å². The Morgan fingerprint density at radius 2 is 2.33 bits per heavy atom. The van der Waals surface area contributed by atoms with Gasteiger partial charge >= 0.3 is 0 Å². The molecule has 0 saturated carbocycles. The second-order valence-corrected chi connectivity index (χ2v) is 3.76. The number of ether oxygens (including phenoxy) is 1. The fourth-order valence-corrected chi connectivity index (χ4v) is 1.42. The Morgan fingerprint density at radius 3 is 2.75 bits per heavy atom. The van der Waals surface area contributed by atoms with Crippen LogP contribution in [-0.2, 0) is 4.74 Å². The van der Waals surface area contributed by atoms with E-state index in [4.69, 9.17) is 9.84 Å². The molecule has 1 rings (SSSR count). The first-order chi connectivity index (χ1) is 5.74. The fourth-order valence-electron chi connectivity index (χ4n) is 1.42. The maximum Gasteiger partial charge on any atom is 0.0620 e. The smallest absolute Gasteiger partial charge is 0.0620 e. The molecule has 1 heterocycles. The van der Waals surface area contributed by atoms with Gasteiger partial charge in [-0.25, -0.2) is 0 Å².